The van der Waals surface area contributed by atoms with E-state index in [1.165, 1.54) is 0 Å². The van der Waals surface area contributed by atoms with Crippen LogP contribution in [0.25, 0.3) is 0 Å². The molecule has 0 N–H and O–H groups in total. The summed E-state index contributed by atoms with van der Waals surface area (Å²) in [6.45, 7) is 2.55. The van der Waals surface area contributed by atoms with Crippen molar-refractivity contribution in [3.63, 3.8) is 0 Å². The molecule has 0 aromatic heterocycles. The Labute approximate surface area is 146 Å². The molecule has 0 fully saturated rings. The van der Waals surface area contributed by atoms with Gasteiger partial charge in [-0.1, -0.05) is 37.9 Å². The van der Waals surface area contributed by atoms with Gasteiger partial charge in [0.05, 0.1) is 19.1 Å². The van der Waals surface area contributed by atoms with E-state index in [-0.39, 0.29) is 5.38 Å². The Morgan fingerprint density at radius 2 is 1.67 bits per heavy atom. The minimum atomic E-state index is -0.355. The quantitative estimate of drug-likeness (QED) is 0.542. The first-order valence-electron chi connectivity index (χ1n) is 6.46. The molecule has 112 valence electrons. The third kappa shape index (κ3) is 3.93. The van der Waals surface area contributed by atoms with E-state index in [0.29, 0.717) is 6.61 Å². The Kier molecular flexibility index (Phi) is 5.97. The van der Waals surface area contributed by atoms with Crippen LogP contribution in [0.1, 0.15) is 23.4 Å². The van der Waals surface area contributed by atoms with Crippen LogP contribution in [0.15, 0.2) is 45.3 Å². The molecule has 0 aliphatic carbocycles. The minimum Gasteiger partial charge on any atom is -0.496 e. The highest BCUT2D eigenvalue weighted by atomic mass is 79.9. The van der Waals surface area contributed by atoms with E-state index in [2.05, 4.69) is 31.9 Å². The van der Waals surface area contributed by atoms with E-state index in [4.69, 9.17) is 21.1 Å². The molecule has 0 bridgehead atoms. The van der Waals surface area contributed by atoms with Gasteiger partial charge < -0.3 is 9.47 Å². The van der Waals surface area contributed by atoms with Gasteiger partial charge in [0.2, 0.25) is 0 Å². The maximum atomic E-state index is 6.68. The van der Waals surface area contributed by atoms with E-state index in [1.54, 1.807) is 7.11 Å². The fourth-order valence-electron chi connectivity index (χ4n) is 2.07. The molecular formula is C16H15Br2ClO2. The first-order valence-corrected chi connectivity index (χ1v) is 8.48. The summed E-state index contributed by atoms with van der Waals surface area (Å²) in [6.07, 6.45) is 0. The van der Waals surface area contributed by atoms with E-state index in [9.17, 15) is 0 Å². The normalized spacial score (nSPS) is 12.0. The third-order valence-electron chi connectivity index (χ3n) is 3.01. The summed E-state index contributed by atoms with van der Waals surface area (Å²) in [5.41, 5.74) is 1.81. The maximum absolute atomic E-state index is 6.68. The molecule has 1 unspecified atom stereocenters. The number of hydrogen-bond acceptors (Lipinski definition) is 2. The summed E-state index contributed by atoms with van der Waals surface area (Å²) < 4.78 is 13.0. The molecule has 2 aromatic rings. The maximum Gasteiger partial charge on any atom is 0.125 e. The summed E-state index contributed by atoms with van der Waals surface area (Å²) in [5.74, 6) is 1.53. The first-order chi connectivity index (χ1) is 10.1. The zero-order valence-electron chi connectivity index (χ0n) is 11.7. The predicted octanol–water partition coefficient (Wildman–Crippen LogP) is 5.95. The molecule has 0 saturated heterocycles. The number of benzene rings is 2. The van der Waals surface area contributed by atoms with Gasteiger partial charge in [0, 0.05) is 20.1 Å². The van der Waals surface area contributed by atoms with Crippen molar-refractivity contribution in [2.24, 2.45) is 0 Å². The van der Waals surface area contributed by atoms with Crippen LogP contribution in [0.5, 0.6) is 11.5 Å². The molecule has 2 aromatic carbocycles. The van der Waals surface area contributed by atoms with Crippen LogP contribution in [0.2, 0.25) is 0 Å². The highest BCUT2D eigenvalue weighted by Gasteiger charge is 2.20. The van der Waals surface area contributed by atoms with Crippen LogP contribution in [-0.4, -0.2) is 13.7 Å². The second-order valence-electron chi connectivity index (χ2n) is 4.36. The van der Waals surface area contributed by atoms with Crippen molar-refractivity contribution >= 4 is 43.5 Å². The second-order valence-corrected chi connectivity index (χ2v) is 6.63. The number of ether oxygens (including phenoxy) is 2. The van der Waals surface area contributed by atoms with Crippen molar-refractivity contribution in [3.05, 3.63) is 56.5 Å². The highest BCUT2D eigenvalue weighted by Crippen LogP contribution is 2.41. The van der Waals surface area contributed by atoms with Crippen molar-refractivity contribution in [2.45, 2.75) is 12.3 Å². The topological polar surface area (TPSA) is 18.5 Å². The van der Waals surface area contributed by atoms with Gasteiger partial charge in [0.1, 0.15) is 11.5 Å². The van der Waals surface area contributed by atoms with Crippen LogP contribution in [0.4, 0.5) is 0 Å². The Morgan fingerprint density at radius 1 is 1.00 bits per heavy atom. The molecule has 21 heavy (non-hydrogen) atoms. The van der Waals surface area contributed by atoms with Gasteiger partial charge in [-0.2, -0.15) is 0 Å². The SMILES string of the molecule is CCOc1ccc(Br)cc1C(Cl)c1ccc(Br)cc1OC. The molecule has 0 radical (unpaired) electrons. The Balaban J connectivity index is 2.48. The summed E-state index contributed by atoms with van der Waals surface area (Å²) in [4.78, 5) is 0. The van der Waals surface area contributed by atoms with Crippen molar-refractivity contribution in [1.82, 2.24) is 0 Å². The Morgan fingerprint density at radius 3 is 2.33 bits per heavy atom. The fourth-order valence-corrected chi connectivity index (χ4v) is 3.14. The number of halogens is 3. The molecule has 0 aliphatic heterocycles. The smallest absolute Gasteiger partial charge is 0.125 e. The average molecular weight is 435 g/mol. The number of alkyl halides is 1. The summed E-state index contributed by atoms with van der Waals surface area (Å²) >= 11 is 13.6. The lowest BCUT2D eigenvalue weighted by molar-refractivity contribution is 0.336. The lowest BCUT2D eigenvalue weighted by atomic mass is 10.0. The zero-order chi connectivity index (χ0) is 15.4. The molecule has 1 atom stereocenters. The number of rotatable bonds is 5. The summed E-state index contributed by atoms with van der Waals surface area (Å²) in [6, 6.07) is 11.6. The van der Waals surface area contributed by atoms with E-state index in [1.807, 2.05) is 43.3 Å². The van der Waals surface area contributed by atoms with Gasteiger partial charge in [-0.3, -0.25) is 0 Å². The van der Waals surface area contributed by atoms with Crippen molar-refractivity contribution in [3.8, 4) is 11.5 Å². The predicted molar refractivity (Wildman–Crippen MR) is 93.7 cm³/mol. The second kappa shape index (κ2) is 7.52. The summed E-state index contributed by atoms with van der Waals surface area (Å²) in [7, 11) is 1.64. The van der Waals surface area contributed by atoms with Crippen LogP contribution in [0, 0.1) is 0 Å². The molecule has 0 heterocycles. The first kappa shape index (κ1) is 16.7. The van der Waals surface area contributed by atoms with E-state index < -0.39 is 0 Å². The number of hydrogen-bond donors (Lipinski definition) is 0. The van der Waals surface area contributed by atoms with Crippen LogP contribution < -0.4 is 9.47 Å². The third-order valence-corrected chi connectivity index (χ3v) is 4.47. The highest BCUT2D eigenvalue weighted by molar-refractivity contribution is 9.10. The van der Waals surface area contributed by atoms with Gasteiger partial charge in [-0.05, 0) is 37.3 Å². The standard InChI is InChI=1S/C16H15Br2ClO2/c1-3-21-14-7-5-10(17)8-13(14)16(19)12-6-4-11(18)9-15(12)20-2/h4-9,16H,3H2,1-2H3. The van der Waals surface area contributed by atoms with Crippen LogP contribution >= 0.6 is 43.5 Å². The van der Waals surface area contributed by atoms with E-state index in [0.717, 1.165) is 31.6 Å². The van der Waals surface area contributed by atoms with Gasteiger partial charge >= 0.3 is 0 Å². The molecule has 0 amide bonds. The molecule has 5 heteroatoms. The monoisotopic (exact) mass is 432 g/mol. The molecule has 2 rings (SSSR count). The molecule has 0 saturated carbocycles. The van der Waals surface area contributed by atoms with Crippen LogP contribution in [-0.2, 0) is 0 Å². The summed E-state index contributed by atoms with van der Waals surface area (Å²) in [5, 5.41) is -0.355. The molecule has 2 nitrogen and oxygen atoms in total. The number of methoxy groups -OCH3 is 1. The van der Waals surface area contributed by atoms with Crippen LogP contribution in [0.3, 0.4) is 0 Å². The van der Waals surface area contributed by atoms with Crippen molar-refractivity contribution in [2.75, 3.05) is 13.7 Å². The largest absolute Gasteiger partial charge is 0.496 e. The zero-order valence-corrected chi connectivity index (χ0v) is 15.6. The fraction of sp³-hybridized carbons (Fsp3) is 0.250. The lowest BCUT2D eigenvalue weighted by Gasteiger charge is -2.18. The molecule has 0 aliphatic rings. The Hall–Kier alpha value is -0.710. The van der Waals surface area contributed by atoms with E-state index >= 15 is 0 Å². The lowest BCUT2D eigenvalue weighted by Crippen LogP contribution is -2.02. The molecular weight excluding hydrogens is 419 g/mol. The van der Waals surface area contributed by atoms with Gasteiger partial charge in [0.15, 0.2) is 0 Å². The Bertz CT molecular complexity index is 632. The van der Waals surface area contributed by atoms with Crippen molar-refractivity contribution < 1.29 is 9.47 Å². The van der Waals surface area contributed by atoms with Gasteiger partial charge in [0.25, 0.3) is 0 Å². The molecule has 0 spiro atoms. The van der Waals surface area contributed by atoms with Gasteiger partial charge in [-0.15, -0.1) is 11.6 Å². The van der Waals surface area contributed by atoms with Crippen molar-refractivity contribution in [1.29, 1.82) is 0 Å². The minimum absolute atomic E-state index is 0.355. The average Bonchev–Trinajstić information content (AvgIpc) is 2.48. The van der Waals surface area contributed by atoms with Gasteiger partial charge in [-0.25, -0.2) is 0 Å².